The molecule has 0 bridgehead atoms. The molecule has 1 atom stereocenters. The molecule has 102 valence electrons. The minimum atomic E-state index is 0.426. The van der Waals surface area contributed by atoms with Gasteiger partial charge in [0.25, 0.3) is 0 Å². The zero-order chi connectivity index (χ0) is 14.0. The summed E-state index contributed by atoms with van der Waals surface area (Å²) in [6.07, 6.45) is 0. The van der Waals surface area contributed by atoms with E-state index in [0.29, 0.717) is 12.0 Å². The standard InChI is InChI=1S/C15H21N3S/c1-10(2)14-16-17-15(19-14)13-8-6-12(7-9-13)11(3)18(4)5/h6-11H,1-5H3/t11-/m1/s1. The summed E-state index contributed by atoms with van der Waals surface area (Å²) in [5.74, 6) is 0.444. The van der Waals surface area contributed by atoms with Gasteiger partial charge in [0.05, 0.1) is 0 Å². The number of nitrogens with zero attached hydrogens (tertiary/aromatic N) is 3. The Bertz CT molecular complexity index is 529. The fourth-order valence-electron chi connectivity index (χ4n) is 1.79. The maximum Gasteiger partial charge on any atom is 0.147 e. The monoisotopic (exact) mass is 275 g/mol. The Hall–Kier alpha value is -1.26. The van der Waals surface area contributed by atoms with E-state index in [4.69, 9.17) is 0 Å². The maximum atomic E-state index is 4.28. The van der Waals surface area contributed by atoms with Crippen molar-refractivity contribution >= 4 is 11.3 Å². The first kappa shape index (κ1) is 14.2. The maximum absolute atomic E-state index is 4.28. The van der Waals surface area contributed by atoms with Gasteiger partial charge in [-0.15, -0.1) is 10.2 Å². The number of hydrogen-bond donors (Lipinski definition) is 0. The normalized spacial score (nSPS) is 13.2. The lowest BCUT2D eigenvalue weighted by Gasteiger charge is -2.20. The quantitative estimate of drug-likeness (QED) is 0.846. The zero-order valence-electron chi connectivity index (χ0n) is 12.2. The van der Waals surface area contributed by atoms with Crippen molar-refractivity contribution in [3.05, 3.63) is 34.8 Å². The van der Waals surface area contributed by atoms with E-state index in [0.717, 1.165) is 15.6 Å². The first-order valence-corrected chi connectivity index (χ1v) is 7.41. The molecule has 0 saturated carbocycles. The molecular formula is C15H21N3S. The Balaban J connectivity index is 2.22. The molecule has 0 fully saturated rings. The molecule has 0 radical (unpaired) electrons. The van der Waals surface area contributed by atoms with E-state index >= 15 is 0 Å². The van der Waals surface area contributed by atoms with Gasteiger partial charge >= 0.3 is 0 Å². The van der Waals surface area contributed by atoms with Crippen LogP contribution in [0.25, 0.3) is 10.6 Å². The fourth-order valence-corrected chi connectivity index (χ4v) is 2.64. The van der Waals surface area contributed by atoms with Crippen molar-refractivity contribution in [1.29, 1.82) is 0 Å². The van der Waals surface area contributed by atoms with Gasteiger partial charge in [-0.05, 0) is 26.6 Å². The van der Waals surface area contributed by atoms with E-state index in [9.17, 15) is 0 Å². The molecular weight excluding hydrogens is 254 g/mol. The van der Waals surface area contributed by atoms with E-state index in [-0.39, 0.29) is 0 Å². The van der Waals surface area contributed by atoms with Crippen LogP contribution in [0.15, 0.2) is 24.3 Å². The molecule has 0 aliphatic carbocycles. The molecule has 1 heterocycles. The fraction of sp³-hybridized carbons (Fsp3) is 0.467. The van der Waals surface area contributed by atoms with E-state index in [1.54, 1.807) is 11.3 Å². The van der Waals surface area contributed by atoms with Gasteiger partial charge in [-0.3, -0.25) is 0 Å². The summed E-state index contributed by atoms with van der Waals surface area (Å²) in [5.41, 5.74) is 2.47. The van der Waals surface area contributed by atoms with Crippen LogP contribution in [0.3, 0.4) is 0 Å². The molecule has 2 rings (SSSR count). The molecule has 0 aliphatic rings. The predicted molar refractivity (Wildman–Crippen MR) is 81.5 cm³/mol. The number of rotatable bonds is 4. The highest BCUT2D eigenvalue weighted by atomic mass is 32.1. The van der Waals surface area contributed by atoms with Gasteiger partial charge < -0.3 is 4.90 Å². The highest BCUT2D eigenvalue weighted by molar-refractivity contribution is 7.14. The summed E-state index contributed by atoms with van der Waals surface area (Å²) < 4.78 is 0. The molecule has 1 aromatic carbocycles. The molecule has 4 heteroatoms. The van der Waals surface area contributed by atoms with Crippen molar-refractivity contribution < 1.29 is 0 Å². The van der Waals surface area contributed by atoms with E-state index in [2.05, 4.69) is 74.2 Å². The van der Waals surface area contributed by atoms with Gasteiger partial charge in [0.2, 0.25) is 0 Å². The second-order valence-corrected chi connectivity index (χ2v) is 6.37. The van der Waals surface area contributed by atoms with E-state index in [1.807, 2.05) is 0 Å². The molecule has 0 aliphatic heterocycles. The van der Waals surface area contributed by atoms with Gasteiger partial charge in [-0.1, -0.05) is 49.4 Å². The average Bonchev–Trinajstić information content (AvgIpc) is 2.87. The lowest BCUT2D eigenvalue weighted by atomic mass is 10.1. The largest absolute Gasteiger partial charge is 0.303 e. The highest BCUT2D eigenvalue weighted by Gasteiger charge is 2.11. The molecule has 1 aromatic heterocycles. The lowest BCUT2D eigenvalue weighted by molar-refractivity contribution is 0.321. The molecule has 0 amide bonds. The molecule has 0 spiro atoms. The van der Waals surface area contributed by atoms with Gasteiger partial charge in [0.15, 0.2) is 0 Å². The Kier molecular flexibility index (Phi) is 4.32. The van der Waals surface area contributed by atoms with Crippen LogP contribution in [0, 0.1) is 0 Å². The molecule has 19 heavy (non-hydrogen) atoms. The van der Waals surface area contributed by atoms with Crippen LogP contribution >= 0.6 is 11.3 Å². The summed E-state index contributed by atoms with van der Waals surface area (Å²) >= 11 is 1.68. The van der Waals surface area contributed by atoms with Crippen molar-refractivity contribution in [1.82, 2.24) is 15.1 Å². The summed E-state index contributed by atoms with van der Waals surface area (Å²) in [6.45, 7) is 6.50. The smallest absolute Gasteiger partial charge is 0.147 e. The van der Waals surface area contributed by atoms with Gasteiger partial charge in [-0.25, -0.2) is 0 Å². The van der Waals surface area contributed by atoms with Gasteiger partial charge in [0, 0.05) is 17.5 Å². The zero-order valence-corrected chi connectivity index (χ0v) is 13.0. The second-order valence-electron chi connectivity index (χ2n) is 5.36. The van der Waals surface area contributed by atoms with Crippen molar-refractivity contribution in [2.75, 3.05) is 14.1 Å². The third-order valence-corrected chi connectivity index (χ3v) is 4.62. The minimum Gasteiger partial charge on any atom is -0.303 e. The number of hydrogen-bond acceptors (Lipinski definition) is 4. The third-order valence-electron chi connectivity index (χ3n) is 3.35. The molecule has 3 nitrogen and oxygen atoms in total. The van der Waals surface area contributed by atoms with Crippen LogP contribution in [-0.2, 0) is 0 Å². The topological polar surface area (TPSA) is 29.0 Å². The van der Waals surface area contributed by atoms with Gasteiger partial charge in [0.1, 0.15) is 10.0 Å². The average molecular weight is 275 g/mol. The van der Waals surface area contributed by atoms with Crippen LogP contribution in [0.2, 0.25) is 0 Å². The highest BCUT2D eigenvalue weighted by Crippen LogP contribution is 2.28. The lowest BCUT2D eigenvalue weighted by Crippen LogP contribution is -2.16. The Morgan fingerprint density at radius 1 is 1.00 bits per heavy atom. The van der Waals surface area contributed by atoms with Gasteiger partial charge in [-0.2, -0.15) is 0 Å². The van der Waals surface area contributed by atoms with Crippen molar-refractivity contribution in [3.63, 3.8) is 0 Å². The first-order valence-electron chi connectivity index (χ1n) is 6.59. The minimum absolute atomic E-state index is 0.426. The van der Waals surface area contributed by atoms with E-state index < -0.39 is 0 Å². The second kappa shape index (κ2) is 5.80. The molecule has 0 unspecified atom stereocenters. The molecule has 0 N–H and O–H groups in total. The Labute approximate surface area is 119 Å². The van der Waals surface area contributed by atoms with Crippen LogP contribution < -0.4 is 0 Å². The Morgan fingerprint density at radius 3 is 2.11 bits per heavy atom. The molecule has 2 aromatic rings. The summed E-state index contributed by atoms with van der Waals surface area (Å²) in [4.78, 5) is 2.21. The Morgan fingerprint density at radius 2 is 1.63 bits per heavy atom. The van der Waals surface area contributed by atoms with E-state index in [1.165, 1.54) is 5.56 Å². The van der Waals surface area contributed by atoms with Crippen LogP contribution in [0.1, 0.15) is 43.3 Å². The van der Waals surface area contributed by atoms with Crippen LogP contribution in [-0.4, -0.2) is 29.2 Å². The molecule has 0 saturated heterocycles. The number of aromatic nitrogens is 2. The van der Waals surface area contributed by atoms with Crippen LogP contribution in [0.4, 0.5) is 0 Å². The summed E-state index contributed by atoms with van der Waals surface area (Å²) in [5, 5.41) is 10.6. The van der Waals surface area contributed by atoms with Crippen molar-refractivity contribution in [3.8, 4) is 10.6 Å². The van der Waals surface area contributed by atoms with Crippen molar-refractivity contribution in [2.45, 2.75) is 32.7 Å². The predicted octanol–water partition coefficient (Wildman–Crippen LogP) is 3.95. The van der Waals surface area contributed by atoms with Crippen LogP contribution in [0.5, 0.6) is 0 Å². The summed E-state index contributed by atoms with van der Waals surface area (Å²) in [6, 6.07) is 9.06. The SMILES string of the molecule is CC(C)c1nnc(-c2ccc([C@@H](C)N(C)C)cc2)s1. The summed E-state index contributed by atoms with van der Waals surface area (Å²) in [7, 11) is 4.19. The number of benzene rings is 1. The third kappa shape index (κ3) is 3.19. The first-order chi connectivity index (χ1) is 8.99. The van der Waals surface area contributed by atoms with Crippen molar-refractivity contribution in [2.24, 2.45) is 0 Å².